The van der Waals surface area contributed by atoms with Crippen LogP contribution in [0.4, 0.5) is 0 Å². The number of hydrogen-bond acceptors (Lipinski definition) is 3. The van der Waals surface area contributed by atoms with Crippen molar-refractivity contribution in [2.75, 3.05) is 7.11 Å². The lowest BCUT2D eigenvalue weighted by Crippen LogP contribution is -2.29. The monoisotopic (exact) mass is 289 g/mol. The summed E-state index contributed by atoms with van der Waals surface area (Å²) in [5, 5.41) is 0. The highest BCUT2D eigenvalue weighted by Crippen LogP contribution is 2.34. The van der Waals surface area contributed by atoms with Crippen LogP contribution in [0.1, 0.15) is 49.9 Å². The fourth-order valence-electron chi connectivity index (χ4n) is 3.46. The predicted octanol–water partition coefficient (Wildman–Crippen LogP) is 3.89. The van der Waals surface area contributed by atoms with Crippen LogP contribution in [-0.4, -0.2) is 17.9 Å². The number of aryl methyl sites for hydroxylation is 1. The van der Waals surface area contributed by atoms with Crippen molar-refractivity contribution in [3.05, 3.63) is 23.0 Å². The van der Waals surface area contributed by atoms with Crippen LogP contribution in [-0.2, 0) is 11.2 Å². The van der Waals surface area contributed by atoms with Crippen molar-refractivity contribution in [2.45, 2.75) is 53.4 Å². The van der Waals surface area contributed by atoms with Crippen LogP contribution in [0.15, 0.2) is 6.20 Å². The second-order valence-electron chi connectivity index (χ2n) is 6.69. The number of pyridine rings is 1. The minimum absolute atomic E-state index is 0.129. The normalized spacial score (nSPS) is 22.7. The minimum Gasteiger partial charge on any atom is -0.496 e. The summed E-state index contributed by atoms with van der Waals surface area (Å²) in [7, 11) is 1.69. The molecule has 0 radical (unpaired) electrons. The van der Waals surface area contributed by atoms with E-state index in [-0.39, 0.29) is 5.92 Å². The highest BCUT2D eigenvalue weighted by molar-refractivity contribution is 5.82. The van der Waals surface area contributed by atoms with Gasteiger partial charge in [-0.3, -0.25) is 9.78 Å². The van der Waals surface area contributed by atoms with Crippen molar-refractivity contribution < 1.29 is 9.53 Å². The van der Waals surface area contributed by atoms with Gasteiger partial charge in [0.25, 0.3) is 0 Å². The Morgan fingerprint density at radius 2 is 2.10 bits per heavy atom. The molecule has 3 nitrogen and oxygen atoms in total. The Labute approximate surface area is 128 Å². The molecule has 0 bridgehead atoms. The summed E-state index contributed by atoms with van der Waals surface area (Å²) in [5.41, 5.74) is 3.14. The Morgan fingerprint density at radius 1 is 1.38 bits per heavy atom. The zero-order valence-corrected chi connectivity index (χ0v) is 13.9. The number of hydrogen-bond donors (Lipinski definition) is 0. The summed E-state index contributed by atoms with van der Waals surface area (Å²) >= 11 is 0. The van der Waals surface area contributed by atoms with E-state index in [0.717, 1.165) is 48.3 Å². The predicted molar refractivity (Wildman–Crippen MR) is 84.6 cm³/mol. The standard InChI is InChI=1S/C18H27NO2/c1-11(2)14-6-7-17(20)15(8-14)9-16-13(4)18(21-5)12(3)10-19-16/h10-11,14-15H,6-9H2,1-5H3. The lowest BCUT2D eigenvalue weighted by atomic mass is 9.74. The average molecular weight is 289 g/mol. The molecule has 0 spiro atoms. The summed E-state index contributed by atoms with van der Waals surface area (Å²) in [5.74, 6) is 2.77. The van der Waals surface area contributed by atoms with E-state index in [2.05, 4.69) is 18.8 Å². The van der Waals surface area contributed by atoms with Crippen LogP contribution < -0.4 is 4.74 Å². The molecule has 2 rings (SSSR count). The van der Waals surface area contributed by atoms with Gasteiger partial charge >= 0.3 is 0 Å². The molecule has 1 aromatic heterocycles. The highest BCUT2D eigenvalue weighted by atomic mass is 16.5. The first kappa shape index (κ1) is 16.0. The first-order valence-electron chi connectivity index (χ1n) is 7.95. The molecule has 1 saturated carbocycles. The molecule has 1 aliphatic carbocycles. The first-order chi connectivity index (χ1) is 9.93. The molecule has 0 aromatic carbocycles. The van der Waals surface area contributed by atoms with Crippen LogP contribution in [0, 0.1) is 31.6 Å². The van der Waals surface area contributed by atoms with Gasteiger partial charge < -0.3 is 4.74 Å². The van der Waals surface area contributed by atoms with Crippen LogP contribution in [0.25, 0.3) is 0 Å². The van der Waals surface area contributed by atoms with E-state index in [0.29, 0.717) is 17.6 Å². The van der Waals surface area contributed by atoms with E-state index in [1.807, 2.05) is 20.0 Å². The number of Topliss-reactive ketones (excluding diaryl/α,β-unsaturated/α-hetero) is 1. The van der Waals surface area contributed by atoms with Crippen molar-refractivity contribution in [1.82, 2.24) is 4.98 Å². The van der Waals surface area contributed by atoms with E-state index < -0.39 is 0 Å². The number of ether oxygens (including phenoxy) is 1. The van der Waals surface area contributed by atoms with Gasteiger partial charge in [0.05, 0.1) is 7.11 Å². The smallest absolute Gasteiger partial charge is 0.136 e. The van der Waals surface area contributed by atoms with Crippen molar-refractivity contribution in [1.29, 1.82) is 0 Å². The molecule has 2 atom stereocenters. The van der Waals surface area contributed by atoms with Gasteiger partial charge in [-0.2, -0.15) is 0 Å². The molecular weight excluding hydrogens is 262 g/mol. The van der Waals surface area contributed by atoms with E-state index in [1.54, 1.807) is 7.11 Å². The Morgan fingerprint density at radius 3 is 2.71 bits per heavy atom. The van der Waals surface area contributed by atoms with Gasteiger partial charge in [0.1, 0.15) is 11.5 Å². The number of ketones is 1. The number of carbonyl (C=O) groups excluding carboxylic acids is 1. The lowest BCUT2D eigenvalue weighted by molar-refractivity contribution is -0.126. The van der Waals surface area contributed by atoms with Gasteiger partial charge in [0.2, 0.25) is 0 Å². The summed E-state index contributed by atoms with van der Waals surface area (Å²) in [6.45, 7) is 8.57. The van der Waals surface area contributed by atoms with E-state index >= 15 is 0 Å². The third kappa shape index (κ3) is 3.45. The summed E-state index contributed by atoms with van der Waals surface area (Å²) < 4.78 is 5.47. The van der Waals surface area contributed by atoms with Crippen LogP contribution in [0.5, 0.6) is 5.75 Å². The molecule has 3 heteroatoms. The zero-order valence-electron chi connectivity index (χ0n) is 13.9. The molecule has 0 aliphatic heterocycles. The Bertz CT molecular complexity index is 522. The third-order valence-electron chi connectivity index (χ3n) is 4.94. The highest BCUT2D eigenvalue weighted by Gasteiger charge is 2.31. The molecule has 0 N–H and O–H groups in total. The molecule has 1 aliphatic rings. The zero-order chi connectivity index (χ0) is 15.6. The molecule has 21 heavy (non-hydrogen) atoms. The maximum Gasteiger partial charge on any atom is 0.136 e. The fourth-order valence-corrected chi connectivity index (χ4v) is 3.46. The van der Waals surface area contributed by atoms with Gasteiger partial charge in [0.15, 0.2) is 0 Å². The van der Waals surface area contributed by atoms with E-state index in [4.69, 9.17) is 4.74 Å². The molecule has 116 valence electrons. The second kappa shape index (κ2) is 6.59. The van der Waals surface area contributed by atoms with E-state index in [1.165, 1.54) is 0 Å². The second-order valence-corrected chi connectivity index (χ2v) is 6.69. The molecule has 1 fully saturated rings. The number of carbonyl (C=O) groups is 1. The lowest BCUT2D eigenvalue weighted by Gasteiger charge is -2.30. The first-order valence-corrected chi connectivity index (χ1v) is 7.95. The number of rotatable bonds is 4. The molecular formula is C18H27NO2. The average Bonchev–Trinajstić information content (AvgIpc) is 2.44. The molecule has 1 heterocycles. The maximum absolute atomic E-state index is 12.2. The van der Waals surface area contributed by atoms with Crippen molar-refractivity contribution in [3.63, 3.8) is 0 Å². The summed E-state index contributed by atoms with van der Waals surface area (Å²) in [6.07, 6.45) is 5.40. The number of aromatic nitrogens is 1. The van der Waals surface area contributed by atoms with Crippen LogP contribution >= 0.6 is 0 Å². The largest absolute Gasteiger partial charge is 0.496 e. The van der Waals surface area contributed by atoms with Gasteiger partial charge in [-0.15, -0.1) is 0 Å². The Kier molecular flexibility index (Phi) is 5.02. The molecule has 0 amide bonds. The SMILES string of the molecule is COc1c(C)cnc(CC2CC(C(C)C)CCC2=O)c1C. The topological polar surface area (TPSA) is 39.2 Å². The van der Waals surface area contributed by atoms with Gasteiger partial charge in [-0.05, 0) is 44.9 Å². The number of nitrogens with zero attached hydrogens (tertiary/aromatic N) is 1. The quantitative estimate of drug-likeness (QED) is 0.844. The minimum atomic E-state index is 0.129. The Hall–Kier alpha value is -1.38. The van der Waals surface area contributed by atoms with Gasteiger partial charge in [0, 0.05) is 35.4 Å². The van der Waals surface area contributed by atoms with Crippen molar-refractivity contribution >= 4 is 5.78 Å². The fraction of sp³-hybridized carbons (Fsp3) is 0.667. The van der Waals surface area contributed by atoms with E-state index in [9.17, 15) is 4.79 Å². The molecule has 2 unspecified atom stereocenters. The number of methoxy groups -OCH3 is 1. The third-order valence-corrected chi connectivity index (χ3v) is 4.94. The van der Waals surface area contributed by atoms with Gasteiger partial charge in [-0.1, -0.05) is 13.8 Å². The van der Waals surface area contributed by atoms with Crippen LogP contribution in [0.2, 0.25) is 0 Å². The van der Waals surface area contributed by atoms with Crippen molar-refractivity contribution in [2.24, 2.45) is 17.8 Å². The maximum atomic E-state index is 12.2. The molecule has 0 saturated heterocycles. The van der Waals surface area contributed by atoms with Crippen molar-refractivity contribution in [3.8, 4) is 5.75 Å². The van der Waals surface area contributed by atoms with Gasteiger partial charge in [-0.25, -0.2) is 0 Å². The molecule has 1 aromatic rings. The summed E-state index contributed by atoms with van der Waals surface area (Å²) in [4.78, 5) is 16.8. The Balaban J connectivity index is 2.18. The van der Waals surface area contributed by atoms with Crippen LogP contribution in [0.3, 0.4) is 0 Å². The summed E-state index contributed by atoms with van der Waals surface area (Å²) in [6, 6.07) is 0.